The van der Waals surface area contributed by atoms with Crippen molar-refractivity contribution in [3.8, 4) is 5.88 Å². The molecule has 0 saturated heterocycles. The fraction of sp³-hybridized carbons (Fsp3) is 0.615. The van der Waals surface area contributed by atoms with Crippen LogP contribution in [0.5, 0.6) is 5.88 Å². The maximum atomic E-state index is 5.16. The van der Waals surface area contributed by atoms with Crippen molar-refractivity contribution >= 4 is 15.9 Å². The summed E-state index contributed by atoms with van der Waals surface area (Å²) in [6.07, 6.45) is 4.03. The van der Waals surface area contributed by atoms with Gasteiger partial charge in [0.15, 0.2) is 0 Å². The van der Waals surface area contributed by atoms with Crippen molar-refractivity contribution in [2.75, 3.05) is 19.0 Å². The first-order valence-electron chi connectivity index (χ1n) is 6.13. The summed E-state index contributed by atoms with van der Waals surface area (Å²) in [5, 5.41) is 1.02. The molecule has 2 rings (SSSR count). The van der Waals surface area contributed by atoms with Crippen LogP contribution in [0.25, 0.3) is 0 Å². The zero-order chi connectivity index (χ0) is 12.1. The molecule has 0 N–H and O–H groups in total. The van der Waals surface area contributed by atoms with Gasteiger partial charge in [-0.25, -0.2) is 4.98 Å². The van der Waals surface area contributed by atoms with Crippen LogP contribution < -0.4 is 4.74 Å². The molecule has 1 aliphatic rings. The molecule has 1 aliphatic carbocycles. The second-order valence-electron chi connectivity index (χ2n) is 4.42. The van der Waals surface area contributed by atoms with Crippen molar-refractivity contribution in [1.82, 2.24) is 9.88 Å². The summed E-state index contributed by atoms with van der Waals surface area (Å²) < 4.78 is 5.16. The van der Waals surface area contributed by atoms with Gasteiger partial charge in [-0.2, -0.15) is 0 Å². The molecule has 3 nitrogen and oxygen atoms in total. The Balaban J connectivity index is 2.00. The fourth-order valence-corrected chi connectivity index (χ4v) is 2.57. The SMILES string of the molecule is COc1cccc(CN(CCBr)C2CCC2)n1. The average molecular weight is 299 g/mol. The molecule has 0 aliphatic heterocycles. The Labute approximate surface area is 111 Å². The van der Waals surface area contributed by atoms with Gasteiger partial charge in [0.25, 0.3) is 0 Å². The maximum Gasteiger partial charge on any atom is 0.213 e. The number of ether oxygens (including phenoxy) is 1. The average Bonchev–Trinajstić information content (AvgIpc) is 2.27. The molecule has 0 aromatic carbocycles. The molecule has 1 saturated carbocycles. The van der Waals surface area contributed by atoms with Crippen molar-refractivity contribution in [2.45, 2.75) is 31.8 Å². The summed E-state index contributed by atoms with van der Waals surface area (Å²) in [5.74, 6) is 0.704. The lowest BCUT2D eigenvalue weighted by molar-refractivity contribution is 0.126. The third-order valence-electron chi connectivity index (χ3n) is 3.32. The lowest BCUT2D eigenvalue weighted by atomic mass is 9.91. The van der Waals surface area contributed by atoms with Crippen LogP contribution >= 0.6 is 15.9 Å². The van der Waals surface area contributed by atoms with Gasteiger partial charge in [0, 0.05) is 30.5 Å². The van der Waals surface area contributed by atoms with Crippen LogP contribution in [0.15, 0.2) is 18.2 Å². The molecule has 4 heteroatoms. The van der Waals surface area contributed by atoms with Gasteiger partial charge in [0.2, 0.25) is 5.88 Å². The highest BCUT2D eigenvalue weighted by molar-refractivity contribution is 9.09. The number of halogens is 1. The van der Waals surface area contributed by atoms with Gasteiger partial charge in [-0.15, -0.1) is 0 Å². The summed E-state index contributed by atoms with van der Waals surface area (Å²) in [5.41, 5.74) is 1.09. The van der Waals surface area contributed by atoms with E-state index in [9.17, 15) is 0 Å². The normalized spacial score (nSPS) is 15.9. The van der Waals surface area contributed by atoms with Gasteiger partial charge in [-0.1, -0.05) is 28.4 Å². The van der Waals surface area contributed by atoms with Gasteiger partial charge >= 0.3 is 0 Å². The van der Waals surface area contributed by atoms with Crippen molar-refractivity contribution in [3.05, 3.63) is 23.9 Å². The molecule has 0 spiro atoms. The predicted molar refractivity (Wildman–Crippen MR) is 72.6 cm³/mol. The lowest BCUT2D eigenvalue weighted by Gasteiger charge is -2.37. The third-order valence-corrected chi connectivity index (χ3v) is 3.67. The molecule has 94 valence electrons. The Bertz CT molecular complexity index is 355. The summed E-state index contributed by atoms with van der Waals surface area (Å²) in [6.45, 7) is 2.01. The number of nitrogens with zero attached hydrogens (tertiary/aromatic N) is 2. The van der Waals surface area contributed by atoms with Crippen LogP contribution in [0.4, 0.5) is 0 Å². The highest BCUT2D eigenvalue weighted by Crippen LogP contribution is 2.26. The third kappa shape index (κ3) is 3.42. The molecular weight excluding hydrogens is 280 g/mol. The van der Waals surface area contributed by atoms with E-state index in [0.717, 1.165) is 30.2 Å². The molecule has 0 unspecified atom stereocenters. The van der Waals surface area contributed by atoms with Crippen molar-refractivity contribution in [3.63, 3.8) is 0 Å². The number of aromatic nitrogens is 1. The number of methoxy groups -OCH3 is 1. The van der Waals surface area contributed by atoms with E-state index in [1.807, 2.05) is 12.1 Å². The lowest BCUT2D eigenvalue weighted by Crippen LogP contribution is -2.40. The van der Waals surface area contributed by atoms with E-state index in [0.29, 0.717) is 5.88 Å². The molecule has 0 amide bonds. The maximum absolute atomic E-state index is 5.16. The van der Waals surface area contributed by atoms with E-state index in [1.165, 1.54) is 19.3 Å². The van der Waals surface area contributed by atoms with Crippen LogP contribution in [0.1, 0.15) is 25.0 Å². The summed E-state index contributed by atoms with van der Waals surface area (Å²) in [7, 11) is 1.66. The van der Waals surface area contributed by atoms with E-state index >= 15 is 0 Å². The molecule has 1 fully saturated rings. The summed E-state index contributed by atoms with van der Waals surface area (Å²) in [6, 6.07) is 6.72. The Morgan fingerprint density at radius 2 is 2.29 bits per heavy atom. The van der Waals surface area contributed by atoms with Crippen LogP contribution in [0.2, 0.25) is 0 Å². The van der Waals surface area contributed by atoms with Gasteiger partial charge < -0.3 is 4.74 Å². The summed E-state index contributed by atoms with van der Waals surface area (Å²) >= 11 is 3.53. The number of hydrogen-bond acceptors (Lipinski definition) is 3. The minimum absolute atomic E-state index is 0.704. The van der Waals surface area contributed by atoms with E-state index < -0.39 is 0 Å². The zero-order valence-electron chi connectivity index (χ0n) is 10.2. The number of alkyl halides is 1. The Hall–Kier alpha value is -0.610. The molecule has 0 atom stereocenters. The Morgan fingerprint density at radius 3 is 2.88 bits per heavy atom. The second kappa shape index (κ2) is 6.36. The van der Waals surface area contributed by atoms with Crippen LogP contribution in [0.3, 0.4) is 0 Å². The van der Waals surface area contributed by atoms with E-state index in [-0.39, 0.29) is 0 Å². The number of pyridine rings is 1. The highest BCUT2D eigenvalue weighted by atomic mass is 79.9. The molecule has 1 aromatic heterocycles. The van der Waals surface area contributed by atoms with Gasteiger partial charge in [-0.05, 0) is 18.9 Å². The molecule has 1 aromatic rings. The quantitative estimate of drug-likeness (QED) is 0.755. The molecule has 17 heavy (non-hydrogen) atoms. The highest BCUT2D eigenvalue weighted by Gasteiger charge is 2.24. The van der Waals surface area contributed by atoms with Gasteiger partial charge in [0.1, 0.15) is 0 Å². The largest absolute Gasteiger partial charge is 0.481 e. The standard InChI is InChI=1S/C13H19BrN2O/c1-17-13-7-2-4-11(15-13)10-16(9-8-14)12-5-3-6-12/h2,4,7,12H,3,5-6,8-10H2,1H3. The topological polar surface area (TPSA) is 25.4 Å². The van der Waals surface area contributed by atoms with E-state index in [4.69, 9.17) is 4.74 Å². The Kier molecular flexibility index (Phi) is 4.80. The summed E-state index contributed by atoms with van der Waals surface area (Å²) in [4.78, 5) is 6.99. The number of hydrogen-bond donors (Lipinski definition) is 0. The molecule has 1 heterocycles. The first-order valence-corrected chi connectivity index (χ1v) is 7.25. The molecule has 0 bridgehead atoms. The number of rotatable bonds is 6. The van der Waals surface area contributed by atoms with Crippen molar-refractivity contribution in [1.29, 1.82) is 0 Å². The minimum Gasteiger partial charge on any atom is -0.481 e. The zero-order valence-corrected chi connectivity index (χ0v) is 11.8. The fourth-order valence-electron chi connectivity index (χ4n) is 2.12. The van der Waals surface area contributed by atoms with Crippen molar-refractivity contribution < 1.29 is 4.74 Å². The predicted octanol–water partition coefficient (Wildman–Crippen LogP) is 2.84. The Morgan fingerprint density at radius 1 is 1.47 bits per heavy atom. The monoisotopic (exact) mass is 298 g/mol. The van der Waals surface area contributed by atoms with Gasteiger partial charge in [0.05, 0.1) is 12.8 Å². The first kappa shape index (κ1) is 12.8. The minimum atomic E-state index is 0.704. The van der Waals surface area contributed by atoms with E-state index in [2.05, 4.69) is 31.9 Å². The van der Waals surface area contributed by atoms with Crippen LogP contribution in [-0.2, 0) is 6.54 Å². The second-order valence-corrected chi connectivity index (χ2v) is 5.21. The molecular formula is C13H19BrN2O. The molecule has 0 radical (unpaired) electrons. The van der Waals surface area contributed by atoms with E-state index in [1.54, 1.807) is 7.11 Å². The van der Waals surface area contributed by atoms with Crippen LogP contribution in [0, 0.1) is 0 Å². The van der Waals surface area contributed by atoms with Gasteiger partial charge in [-0.3, -0.25) is 4.90 Å². The smallest absolute Gasteiger partial charge is 0.213 e. The first-order chi connectivity index (χ1) is 8.33. The van der Waals surface area contributed by atoms with Crippen molar-refractivity contribution in [2.24, 2.45) is 0 Å². The van der Waals surface area contributed by atoms with Crippen LogP contribution in [-0.4, -0.2) is 34.9 Å².